The molecule has 0 aromatic carbocycles. The number of amides is 6. The van der Waals surface area contributed by atoms with E-state index in [9.17, 15) is 52.2 Å². The monoisotopic (exact) mass is 977 g/mol. The fraction of sp³-hybridized carbons (Fsp3) is 0.448. The van der Waals surface area contributed by atoms with Crippen LogP contribution in [-0.2, 0) is 37.0 Å². The van der Waals surface area contributed by atoms with E-state index in [0.717, 1.165) is 39.5 Å². The van der Waals surface area contributed by atoms with E-state index in [-0.39, 0.29) is 51.3 Å². The van der Waals surface area contributed by atoms with Crippen molar-refractivity contribution in [2.24, 2.45) is 32.0 Å². The Morgan fingerprint density at radius 3 is 1.63 bits per heavy atom. The molecule has 2 unspecified atom stereocenters. The van der Waals surface area contributed by atoms with Gasteiger partial charge in [-0.05, 0) is 53.7 Å². The zero-order valence-corrected chi connectivity index (χ0v) is 38.1. The van der Waals surface area contributed by atoms with Crippen molar-refractivity contribution in [3.05, 3.63) is 69.2 Å². The second kappa shape index (κ2) is 28.9. The van der Waals surface area contributed by atoms with Crippen LogP contribution >= 0.6 is 23.3 Å². The van der Waals surface area contributed by atoms with E-state index in [2.05, 4.69) is 94.5 Å². The predicted molar refractivity (Wildman–Crippen MR) is 229 cm³/mol. The van der Waals surface area contributed by atoms with Gasteiger partial charge in [-0.15, -0.1) is 9.50 Å². The maximum Gasteiger partial charge on any atom is 0.440 e. The highest BCUT2D eigenvalue weighted by atomic mass is 32.2. The summed E-state index contributed by atoms with van der Waals surface area (Å²) in [6.07, 6.45) is 0.472. The Bertz CT molecular complexity index is 2510. The van der Waals surface area contributed by atoms with E-state index in [4.69, 9.17) is 0 Å². The highest BCUT2D eigenvalue weighted by Crippen LogP contribution is 2.16. The summed E-state index contributed by atoms with van der Waals surface area (Å²) in [5.74, 6) is 0.730. The number of aromatic nitrogens is 9. The number of hydrogen-bond donors (Lipinski definition) is 9. The lowest BCUT2D eigenvalue weighted by Gasteiger charge is -1.99. The normalized spacial score (nSPS) is 17.0. The highest BCUT2D eigenvalue weighted by molar-refractivity contribution is 8.15. The molecule has 9 N–H and O–H groups in total. The van der Waals surface area contributed by atoms with Crippen LogP contribution in [-0.4, -0.2) is 125 Å². The topological polar surface area (TPSA) is 459 Å². The average Bonchev–Trinajstić information content (AvgIpc) is 4.11. The number of carbonyl (C=O) groups is 5. The molecule has 356 valence electrons. The van der Waals surface area contributed by atoms with E-state index < -0.39 is 28.5 Å². The fourth-order valence-electron chi connectivity index (χ4n) is 3.29. The van der Waals surface area contributed by atoms with Crippen molar-refractivity contribution in [2.75, 3.05) is 20.1 Å². The molecule has 9 heterocycles. The molecule has 5 aliphatic heterocycles. The number of nitrogens with zero attached hydrogens (tertiary/aromatic N) is 10. The number of H-pyrrole nitrogens is 5. The summed E-state index contributed by atoms with van der Waals surface area (Å²) >= 11 is 0.496. The molecule has 0 bridgehead atoms. The number of amidine groups is 1. The van der Waals surface area contributed by atoms with E-state index in [0.29, 0.717) is 36.3 Å². The molecule has 65 heavy (non-hydrogen) atoms. The molecule has 2 fully saturated rings. The minimum Gasteiger partial charge on any atom is -0.318 e. The first-order valence-corrected chi connectivity index (χ1v) is 20.2. The Kier molecular flexibility index (Phi) is 24.6. The van der Waals surface area contributed by atoms with Crippen LogP contribution in [0.2, 0.25) is 0 Å². The number of thioether (sulfide) groups is 1. The minimum absolute atomic E-state index is 0.00231. The van der Waals surface area contributed by atoms with Gasteiger partial charge in [-0.2, -0.15) is 28.7 Å². The fourth-order valence-corrected chi connectivity index (χ4v) is 4.89. The van der Waals surface area contributed by atoms with Gasteiger partial charge in [-0.3, -0.25) is 54.1 Å². The van der Waals surface area contributed by atoms with Crippen LogP contribution in [0.4, 0.5) is 9.59 Å². The third kappa shape index (κ3) is 25.8. The van der Waals surface area contributed by atoms with Crippen molar-refractivity contribution in [1.29, 1.82) is 0 Å². The lowest BCUT2D eigenvalue weighted by molar-refractivity contribution is -0.119. The lowest BCUT2D eigenvalue weighted by Crippen LogP contribution is -2.24. The third-order valence-electron chi connectivity index (χ3n) is 6.12. The summed E-state index contributed by atoms with van der Waals surface area (Å²) in [7, 11) is 2.92. The predicted octanol–water partition coefficient (Wildman–Crippen LogP) is -2.36. The largest absolute Gasteiger partial charge is 0.440 e. The van der Waals surface area contributed by atoms with Gasteiger partial charge in [-0.1, -0.05) is 16.9 Å². The number of carbonyl (C=O) groups excluding carboxylic acids is 5. The molecule has 2 saturated heterocycles. The van der Waals surface area contributed by atoms with Crippen LogP contribution < -0.4 is 49.3 Å². The van der Waals surface area contributed by atoms with Crippen LogP contribution in [0.25, 0.3) is 0 Å². The molecule has 6 amide bonds. The molecule has 0 saturated carbocycles. The number of rotatable bonds is 0. The van der Waals surface area contributed by atoms with Crippen LogP contribution in [0.3, 0.4) is 0 Å². The van der Waals surface area contributed by atoms with Crippen LogP contribution in [0, 0.1) is 20.8 Å². The van der Waals surface area contributed by atoms with Crippen LogP contribution in [0.5, 0.6) is 0 Å². The third-order valence-corrected chi connectivity index (χ3v) is 8.29. The van der Waals surface area contributed by atoms with Crippen molar-refractivity contribution in [1.82, 2.24) is 70.8 Å². The van der Waals surface area contributed by atoms with Crippen molar-refractivity contribution in [3.8, 4) is 0 Å². The first-order chi connectivity index (χ1) is 30.4. The number of likely N-dealkylation sites (N-methyl/N-ethyl adjacent to an activating group) is 1. The average molecular weight is 978 g/mol. The molecular weight excluding hydrogens is 935 g/mol. The summed E-state index contributed by atoms with van der Waals surface area (Å²) in [4.78, 5) is 113. The van der Waals surface area contributed by atoms with Gasteiger partial charge in [0.25, 0.3) is 5.24 Å². The summed E-state index contributed by atoms with van der Waals surface area (Å²) in [5.41, 5.74) is 5.71. The Morgan fingerprint density at radius 2 is 1.49 bits per heavy atom. The second-order valence-corrected chi connectivity index (χ2v) is 14.9. The maximum atomic E-state index is 10.4. The van der Waals surface area contributed by atoms with E-state index >= 15 is 0 Å². The lowest BCUT2D eigenvalue weighted by atomic mass is 10.3. The maximum absolute atomic E-state index is 10.4. The smallest absolute Gasteiger partial charge is 0.318 e. The SMILES string of the molecule is CC1=NN=NC1.CC1=NNC(=O)C1.CC1=NS(=O)ON1.CC1SC(=O)NC1=O.CN1CC(=O)NC1=O.Cc1n[nH]c(=O)[nH]1.Cc1noc(=O)[nH]1.Cc1nsc(=O)[nH]1.Cn1oc(=O)[nH]c1=O. The van der Waals surface area contributed by atoms with Gasteiger partial charge >= 0.3 is 45.1 Å². The van der Waals surface area contributed by atoms with E-state index in [1.165, 1.54) is 11.9 Å². The molecular formula is C29H43N19O14S3. The van der Waals surface area contributed by atoms with Gasteiger partial charge in [-0.25, -0.2) is 49.2 Å². The summed E-state index contributed by atoms with van der Waals surface area (Å²) in [6, 6.07) is -0.310. The number of hydroxylamine groups is 1. The van der Waals surface area contributed by atoms with Gasteiger partial charge < -0.3 is 9.42 Å². The Balaban J connectivity index is 0.000000366. The molecule has 0 radical (unpaired) electrons. The zero-order chi connectivity index (χ0) is 49.2. The van der Waals surface area contributed by atoms with E-state index in [1.807, 2.05) is 18.8 Å². The first kappa shape index (κ1) is 55.4. The molecule has 33 nitrogen and oxygen atoms in total. The van der Waals surface area contributed by atoms with Gasteiger partial charge in [0.05, 0.1) is 24.4 Å². The Hall–Kier alpha value is -7.60. The molecule has 36 heteroatoms. The van der Waals surface area contributed by atoms with Crippen molar-refractivity contribution < 1.29 is 41.5 Å². The molecule has 4 aromatic heterocycles. The van der Waals surface area contributed by atoms with Gasteiger partial charge in [0.2, 0.25) is 17.7 Å². The van der Waals surface area contributed by atoms with Crippen molar-refractivity contribution in [2.45, 2.75) is 60.1 Å². The first-order valence-electron chi connectivity index (χ1n) is 17.6. The molecule has 0 spiro atoms. The summed E-state index contributed by atoms with van der Waals surface area (Å²) in [5, 5.41) is 27.1. The zero-order valence-electron chi connectivity index (χ0n) is 35.6. The quantitative estimate of drug-likeness (QED) is 0.0832. The number of nitrogens with one attached hydrogen (secondary N) is 9. The molecule has 5 aliphatic rings. The number of aromatic amines is 5. The number of hydrazone groups is 1. The molecule has 4 aromatic rings. The Morgan fingerprint density at radius 1 is 0.800 bits per heavy atom. The number of aryl methyl sites for hydroxylation is 4. The summed E-state index contributed by atoms with van der Waals surface area (Å²) < 4.78 is 30.6. The Labute approximate surface area is 373 Å². The van der Waals surface area contributed by atoms with E-state index in [1.54, 1.807) is 41.7 Å². The molecule has 2 atom stereocenters. The molecule has 9 rings (SSSR count). The second-order valence-electron chi connectivity index (χ2n) is 12.0. The summed E-state index contributed by atoms with van der Waals surface area (Å²) in [6.45, 7) is 13.1. The highest BCUT2D eigenvalue weighted by Gasteiger charge is 2.26. The van der Waals surface area contributed by atoms with Gasteiger partial charge in [0.15, 0.2) is 0 Å². The van der Waals surface area contributed by atoms with Crippen molar-refractivity contribution in [3.63, 3.8) is 0 Å². The number of hydrogen-bond acceptors (Lipinski definition) is 24. The van der Waals surface area contributed by atoms with Gasteiger partial charge in [0, 0.05) is 24.3 Å². The van der Waals surface area contributed by atoms with Gasteiger partial charge in [0.1, 0.15) is 36.4 Å². The number of urea groups is 1. The van der Waals surface area contributed by atoms with Crippen LogP contribution in [0.15, 0.2) is 58.0 Å². The molecule has 0 aliphatic carbocycles. The number of imide groups is 2. The van der Waals surface area contributed by atoms with Crippen molar-refractivity contribution >= 4 is 80.8 Å². The van der Waals surface area contributed by atoms with Crippen LogP contribution in [0.1, 0.15) is 51.6 Å². The standard InChI is InChI=1S/C4H6N2O2.C4H6N2O.C4H5NO2S.C3H5N3O.C3H5N3.C3H4N2O3.C3H4N2O2.C3H4N2OS.C2H4N2O2S/c1-6-2-3(7)5-4(6)8;1-3-2-4(7)6-5-3;1-2-3(6)5-4(7)8-2;1-2-4-3(7)6-5-2;1-3-2-4-6-5-3;1-5-2(6)4-3(7)8-5;2*1-2-4-3(6)7-5-2;1-2-3-6-7(5)4-2/h2H2,1H3,(H,5,7,8);2H2,1H3,(H,6,7);2H,1H3,(H,5,6,7);1H3,(H2,4,5,6,7);2H2,1H3;1H3,(H,4,6,7);2*1H3,(H,4,5,6);1H3,(H,3,4). The minimum atomic E-state index is -1.48.